The Labute approximate surface area is 239 Å². The van der Waals surface area contributed by atoms with Crippen LogP contribution < -0.4 is 21.4 Å². The van der Waals surface area contributed by atoms with E-state index in [1.54, 1.807) is 34.6 Å². The normalized spacial score (nSPS) is 15.5. The number of aliphatic hydroxyl groups is 1. The molecule has 0 aromatic rings. The highest BCUT2D eigenvalue weighted by molar-refractivity contribution is 6.12. The van der Waals surface area contributed by atoms with Crippen LogP contribution in [0.2, 0.25) is 0 Å². The number of hydrogen-bond donors (Lipinski definition) is 6. The Hall–Kier alpha value is -3.40. The average Bonchev–Trinajstić information content (AvgIpc) is 3.22. The van der Waals surface area contributed by atoms with Crippen LogP contribution in [0.25, 0.3) is 0 Å². The second-order valence-corrected chi connectivity index (χ2v) is 10.9. The molecule has 0 radical (unpaired) electrons. The minimum absolute atomic E-state index is 0.0594. The zero-order chi connectivity index (χ0) is 31.2. The van der Waals surface area contributed by atoms with Gasteiger partial charge >= 0.3 is 0 Å². The molecule has 0 unspecified atom stereocenters. The van der Waals surface area contributed by atoms with Crippen LogP contribution in [0, 0.1) is 17.3 Å². The Morgan fingerprint density at radius 3 is 2.05 bits per heavy atom. The predicted octanol–water partition coefficient (Wildman–Crippen LogP) is -1.76. The van der Waals surface area contributed by atoms with Gasteiger partial charge in [0, 0.05) is 25.2 Å². The third kappa shape index (κ3) is 12.8. The van der Waals surface area contributed by atoms with Gasteiger partial charge in [0.15, 0.2) is 0 Å². The summed E-state index contributed by atoms with van der Waals surface area (Å²) in [5, 5.41) is 26.9. The molecule has 15 heteroatoms. The first kappa shape index (κ1) is 35.6. The molecule has 232 valence electrons. The molecule has 0 aliphatic carbocycles. The molecule has 3 atom stereocenters. The number of rotatable bonds is 18. The Balaban J connectivity index is 2.39. The van der Waals surface area contributed by atoms with Gasteiger partial charge in [-0.25, -0.2) is 5.48 Å². The van der Waals surface area contributed by atoms with Gasteiger partial charge in [0.05, 0.1) is 32.3 Å². The molecule has 1 heterocycles. The molecule has 41 heavy (non-hydrogen) atoms. The van der Waals surface area contributed by atoms with Crippen LogP contribution in [0.5, 0.6) is 0 Å². The lowest BCUT2D eigenvalue weighted by Gasteiger charge is -2.32. The van der Waals surface area contributed by atoms with E-state index in [-0.39, 0.29) is 70.2 Å². The molecule has 0 aromatic carbocycles. The summed E-state index contributed by atoms with van der Waals surface area (Å²) in [6.45, 7) is 9.24. The van der Waals surface area contributed by atoms with Crippen LogP contribution in [0.3, 0.4) is 0 Å². The Morgan fingerprint density at radius 2 is 1.49 bits per heavy atom. The maximum atomic E-state index is 13.0. The highest BCUT2D eigenvalue weighted by Gasteiger charge is 2.38. The number of hydroxylamine groups is 1. The summed E-state index contributed by atoms with van der Waals surface area (Å²) in [5.41, 5.74) is 0.603. The van der Waals surface area contributed by atoms with E-state index in [1.807, 2.05) is 0 Å². The summed E-state index contributed by atoms with van der Waals surface area (Å²) in [7, 11) is 0. The van der Waals surface area contributed by atoms with Gasteiger partial charge in [0.1, 0.15) is 18.8 Å². The third-order valence-corrected chi connectivity index (χ3v) is 5.95. The second kappa shape index (κ2) is 17.4. The fourth-order valence-corrected chi connectivity index (χ4v) is 3.79. The summed E-state index contributed by atoms with van der Waals surface area (Å²) < 4.78 is 10.5. The standard InChI is InChI=1S/C26H43N5O10/c1-16(2)14-17(21(35)24(37)30-39)23(36)29-22(26(3,4)5)25(38)28-9-8-27-18(32)15-41-13-12-40-11-10-31-19(33)6-7-20(31)34/h6-7,16-17,21-22,35,39H,8-15H2,1-5H3,(H,27,32)(H,28,38)(H,29,36)(H,30,37)/t17-,21+,22-/m1/s1. The maximum absolute atomic E-state index is 13.0. The van der Waals surface area contributed by atoms with Crippen LogP contribution in [0.1, 0.15) is 41.0 Å². The molecule has 1 rings (SSSR count). The summed E-state index contributed by atoms with van der Waals surface area (Å²) in [4.78, 5) is 73.4. The van der Waals surface area contributed by atoms with Gasteiger partial charge in [-0.3, -0.25) is 38.9 Å². The molecule has 0 saturated carbocycles. The number of carbonyl (C=O) groups is 6. The fraction of sp³-hybridized carbons (Fsp3) is 0.692. The Bertz CT molecular complexity index is 945. The minimum Gasteiger partial charge on any atom is -0.382 e. The maximum Gasteiger partial charge on any atom is 0.272 e. The van der Waals surface area contributed by atoms with Gasteiger partial charge in [-0.15, -0.1) is 0 Å². The van der Waals surface area contributed by atoms with Crippen molar-refractivity contribution in [2.75, 3.05) is 46.1 Å². The summed E-state index contributed by atoms with van der Waals surface area (Å²) in [5.74, 6) is -4.82. The van der Waals surface area contributed by atoms with Gasteiger partial charge < -0.3 is 30.5 Å². The molecule has 6 N–H and O–H groups in total. The van der Waals surface area contributed by atoms with Crippen molar-refractivity contribution in [3.63, 3.8) is 0 Å². The topological polar surface area (TPSA) is 213 Å². The first-order valence-corrected chi connectivity index (χ1v) is 13.3. The molecule has 1 aliphatic rings. The number of hydrogen-bond acceptors (Lipinski definition) is 10. The number of nitrogens with zero attached hydrogens (tertiary/aromatic N) is 1. The number of nitrogens with one attached hydrogen (secondary N) is 4. The molecule has 0 fully saturated rings. The van der Waals surface area contributed by atoms with Crippen LogP contribution >= 0.6 is 0 Å². The summed E-state index contributed by atoms with van der Waals surface area (Å²) in [6.07, 6.45) is 0.711. The van der Waals surface area contributed by atoms with E-state index in [0.717, 1.165) is 4.90 Å². The molecule has 0 bridgehead atoms. The number of aliphatic hydroxyl groups excluding tert-OH is 1. The fourth-order valence-electron chi connectivity index (χ4n) is 3.79. The lowest BCUT2D eigenvalue weighted by molar-refractivity contribution is -0.147. The molecule has 6 amide bonds. The number of ether oxygens (including phenoxy) is 2. The number of carbonyl (C=O) groups excluding carboxylic acids is 6. The van der Waals surface area contributed by atoms with Gasteiger partial charge in [-0.2, -0.15) is 0 Å². The molecule has 15 nitrogen and oxygen atoms in total. The van der Waals surface area contributed by atoms with E-state index in [9.17, 15) is 33.9 Å². The summed E-state index contributed by atoms with van der Waals surface area (Å²) >= 11 is 0. The van der Waals surface area contributed by atoms with E-state index in [4.69, 9.17) is 14.7 Å². The zero-order valence-corrected chi connectivity index (χ0v) is 24.2. The number of amides is 6. The van der Waals surface area contributed by atoms with Gasteiger partial charge in [0.25, 0.3) is 17.7 Å². The quantitative estimate of drug-likeness (QED) is 0.0461. The number of imide groups is 1. The SMILES string of the molecule is CC(C)C[C@@H](C(=O)N[C@H](C(=O)NCCNC(=O)COCCOCCN1C(=O)C=CC1=O)C(C)(C)C)[C@H](O)C(=O)NO. The Morgan fingerprint density at radius 1 is 0.902 bits per heavy atom. The largest absolute Gasteiger partial charge is 0.382 e. The van der Waals surface area contributed by atoms with Crippen LogP contribution in [-0.4, -0.2) is 109 Å². The van der Waals surface area contributed by atoms with Crippen molar-refractivity contribution < 1.29 is 48.6 Å². The van der Waals surface area contributed by atoms with E-state index in [2.05, 4.69) is 16.0 Å². The third-order valence-electron chi connectivity index (χ3n) is 5.95. The van der Waals surface area contributed by atoms with E-state index < -0.39 is 47.1 Å². The van der Waals surface area contributed by atoms with Crippen molar-refractivity contribution in [3.8, 4) is 0 Å². The van der Waals surface area contributed by atoms with Crippen molar-refractivity contribution in [2.24, 2.45) is 17.3 Å². The van der Waals surface area contributed by atoms with Crippen molar-refractivity contribution in [1.29, 1.82) is 0 Å². The minimum atomic E-state index is -1.81. The van der Waals surface area contributed by atoms with Gasteiger partial charge in [0.2, 0.25) is 17.7 Å². The molecule has 0 aromatic heterocycles. The van der Waals surface area contributed by atoms with Gasteiger partial charge in [-0.1, -0.05) is 34.6 Å². The van der Waals surface area contributed by atoms with E-state index in [0.29, 0.717) is 0 Å². The lowest BCUT2D eigenvalue weighted by atomic mass is 9.84. The highest BCUT2D eigenvalue weighted by Crippen LogP contribution is 2.22. The van der Waals surface area contributed by atoms with Crippen molar-refractivity contribution in [2.45, 2.75) is 53.2 Å². The van der Waals surface area contributed by atoms with Crippen LogP contribution in [0.4, 0.5) is 0 Å². The molecular weight excluding hydrogens is 542 g/mol. The zero-order valence-electron chi connectivity index (χ0n) is 24.2. The highest BCUT2D eigenvalue weighted by atomic mass is 16.5. The van der Waals surface area contributed by atoms with Gasteiger partial charge in [-0.05, 0) is 17.8 Å². The smallest absolute Gasteiger partial charge is 0.272 e. The second-order valence-electron chi connectivity index (χ2n) is 10.9. The van der Waals surface area contributed by atoms with Crippen molar-refractivity contribution >= 4 is 35.4 Å². The monoisotopic (exact) mass is 585 g/mol. The first-order valence-electron chi connectivity index (χ1n) is 13.3. The Kier molecular flexibility index (Phi) is 15.1. The average molecular weight is 586 g/mol. The van der Waals surface area contributed by atoms with Crippen molar-refractivity contribution in [1.82, 2.24) is 26.3 Å². The molecule has 1 aliphatic heterocycles. The van der Waals surface area contributed by atoms with E-state index >= 15 is 0 Å². The van der Waals surface area contributed by atoms with E-state index in [1.165, 1.54) is 17.6 Å². The van der Waals surface area contributed by atoms with Crippen LogP contribution in [0.15, 0.2) is 12.2 Å². The molecular formula is C26H43N5O10. The molecule has 0 saturated heterocycles. The molecule has 0 spiro atoms. The first-order chi connectivity index (χ1) is 19.2. The lowest BCUT2D eigenvalue weighted by Crippen LogP contribution is -2.57. The van der Waals surface area contributed by atoms with Crippen LogP contribution in [-0.2, 0) is 38.2 Å². The predicted molar refractivity (Wildman–Crippen MR) is 144 cm³/mol. The van der Waals surface area contributed by atoms with Crippen molar-refractivity contribution in [3.05, 3.63) is 12.2 Å². The summed E-state index contributed by atoms with van der Waals surface area (Å²) in [6, 6.07) is -1.02.